The Morgan fingerprint density at radius 3 is 2.15 bits per heavy atom. The third-order valence-corrected chi connectivity index (χ3v) is 3.68. The van der Waals surface area contributed by atoms with E-state index < -0.39 is 0 Å². The van der Waals surface area contributed by atoms with E-state index in [9.17, 15) is 4.79 Å². The van der Waals surface area contributed by atoms with Crippen molar-refractivity contribution in [3.05, 3.63) is 71.3 Å². The normalized spacial score (nSPS) is 19.6. The number of likely N-dealkylation sites (N-methyl/N-ethyl adjacent to an activating group) is 1. The number of fused-ring (bicyclic) bond motifs is 1. The van der Waals surface area contributed by atoms with Crippen LogP contribution < -0.4 is 0 Å². The van der Waals surface area contributed by atoms with Gasteiger partial charge in [-0.25, -0.2) is 0 Å². The Kier molecular flexibility index (Phi) is 3.25. The Bertz CT molecular complexity index is 671. The van der Waals surface area contributed by atoms with E-state index in [2.05, 4.69) is 18.2 Å². The summed E-state index contributed by atoms with van der Waals surface area (Å²) in [4.78, 5) is 14.5. The van der Waals surface area contributed by atoms with Gasteiger partial charge in [-0.1, -0.05) is 54.6 Å². The van der Waals surface area contributed by atoms with Crippen molar-refractivity contribution in [3.63, 3.8) is 0 Å². The molecule has 0 saturated carbocycles. The zero-order valence-electron chi connectivity index (χ0n) is 11.7. The molecule has 0 amide bonds. The van der Waals surface area contributed by atoms with Crippen molar-refractivity contribution in [2.45, 2.75) is 6.04 Å². The topological polar surface area (TPSA) is 20.3 Å². The van der Waals surface area contributed by atoms with Crippen LogP contribution in [0.3, 0.4) is 0 Å². The van der Waals surface area contributed by atoms with Crippen LogP contribution in [0.1, 0.15) is 21.5 Å². The molecule has 0 aromatic heterocycles. The number of hydrogen-bond acceptors (Lipinski definition) is 2. The average molecular weight is 263 g/mol. The molecule has 0 fully saturated rings. The standard InChI is InChI=1S/C18H17NO/c1-19(2)17-16(12-13-8-4-3-5-9-13)14-10-6-7-11-15(14)18(17)20/h3-12,17H,1-2H3/b16-12-. The van der Waals surface area contributed by atoms with Crippen LogP contribution in [-0.4, -0.2) is 30.8 Å². The third-order valence-electron chi connectivity index (χ3n) is 3.68. The lowest BCUT2D eigenvalue weighted by atomic mass is 10.0. The molecule has 1 aliphatic carbocycles. The maximum atomic E-state index is 12.6. The molecule has 1 atom stereocenters. The van der Waals surface area contributed by atoms with Gasteiger partial charge in [-0.3, -0.25) is 9.69 Å². The molecular formula is C18H17NO. The predicted octanol–water partition coefficient (Wildman–Crippen LogP) is 3.35. The fraction of sp³-hybridized carbons (Fsp3) is 0.167. The minimum Gasteiger partial charge on any atom is -0.296 e. The van der Waals surface area contributed by atoms with E-state index in [1.54, 1.807) is 0 Å². The second kappa shape index (κ2) is 5.06. The smallest absolute Gasteiger partial charge is 0.185 e. The minimum absolute atomic E-state index is 0.187. The number of rotatable bonds is 2. The Hall–Kier alpha value is -2.19. The molecule has 3 rings (SSSR count). The monoisotopic (exact) mass is 263 g/mol. The Labute approximate surface area is 119 Å². The van der Waals surface area contributed by atoms with Gasteiger partial charge in [0.05, 0.1) is 6.04 Å². The molecule has 0 aliphatic heterocycles. The molecule has 20 heavy (non-hydrogen) atoms. The molecule has 1 aliphatic rings. The highest BCUT2D eigenvalue weighted by Crippen LogP contribution is 2.35. The second-order valence-electron chi connectivity index (χ2n) is 5.29. The van der Waals surface area contributed by atoms with Crippen molar-refractivity contribution in [2.75, 3.05) is 14.1 Å². The van der Waals surface area contributed by atoms with Crippen LogP contribution in [0.2, 0.25) is 0 Å². The largest absolute Gasteiger partial charge is 0.296 e. The summed E-state index contributed by atoms with van der Waals surface area (Å²) >= 11 is 0. The van der Waals surface area contributed by atoms with Crippen molar-refractivity contribution >= 4 is 17.4 Å². The lowest BCUT2D eigenvalue weighted by Gasteiger charge is -2.19. The third kappa shape index (κ3) is 2.08. The van der Waals surface area contributed by atoms with Crippen LogP contribution in [-0.2, 0) is 0 Å². The zero-order chi connectivity index (χ0) is 14.1. The number of nitrogens with zero attached hydrogens (tertiary/aromatic N) is 1. The SMILES string of the molecule is CN(C)C1C(=O)c2ccccc2/C1=C/c1ccccc1. The van der Waals surface area contributed by atoms with Crippen LogP contribution in [0.25, 0.3) is 11.6 Å². The van der Waals surface area contributed by atoms with Crippen molar-refractivity contribution in [3.8, 4) is 0 Å². The summed E-state index contributed by atoms with van der Waals surface area (Å²) in [5.41, 5.74) is 4.09. The van der Waals surface area contributed by atoms with Gasteiger partial charge in [0.2, 0.25) is 0 Å². The molecule has 0 spiro atoms. The first-order valence-electron chi connectivity index (χ1n) is 6.75. The molecule has 2 aromatic carbocycles. The van der Waals surface area contributed by atoms with E-state index >= 15 is 0 Å². The first kappa shape index (κ1) is 12.8. The Balaban J connectivity index is 2.16. The van der Waals surface area contributed by atoms with Gasteiger partial charge in [0.1, 0.15) is 0 Å². The number of carbonyl (C=O) groups excluding carboxylic acids is 1. The molecule has 0 heterocycles. The van der Waals surface area contributed by atoms with E-state index in [0.29, 0.717) is 0 Å². The first-order chi connectivity index (χ1) is 9.68. The Morgan fingerprint density at radius 2 is 1.50 bits per heavy atom. The number of benzene rings is 2. The molecule has 2 heteroatoms. The Morgan fingerprint density at radius 1 is 0.900 bits per heavy atom. The van der Waals surface area contributed by atoms with Gasteiger partial charge in [-0.15, -0.1) is 0 Å². The second-order valence-corrected chi connectivity index (χ2v) is 5.29. The molecule has 0 bridgehead atoms. The summed E-state index contributed by atoms with van der Waals surface area (Å²) < 4.78 is 0. The van der Waals surface area contributed by atoms with E-state index in [-0.39, 0.29) is 11.8 Å². The molecular weight excluding hydrogens is 246 g/mol. The molecule has 0 radical (unpaired) electrons. The molecule has 100 valence electrons. The van der Waals surface area contributed by atoms with Gasteiger partial charge in [0, 0.05) is 5.56 Å². The van der Waals surface area contributed by atoms with Crippen LogP contribution in [0.4, 0.5) is 0 Å². The van der Waals surface area contributed by atoms with Gasteiger partial charge in [0.15, 0.2) is 5.78 Å². The van der Waals surface area contributed by atoms with Crippen molar-refractivity contribution < 1.29 is 4.79 Å². The highest BCUT2D eigenvalue weighted by atomic mass is 16.1. The number of ketones is 1. The highest BCUT2D eigenvalue weighted by molar-refractivity contribution is 6.19. The highest BCUT2D eigenvalue weighted by Gasteiger charge is 2.35. The van der Waals surface area contributed by atoms with Crippen LogP contribution in [0, 0.1) is 0 Å². The van der Waals surface area contributed by atoms with Crippen LogP contribution in [0.15, 0.2) is 54.6 Å². The van der Waals surface area contributed by atoms with E-state index in [1.165, 1.54) is 0 Å². The molecule has 2 aromatic rings. The summed E-state index contributed by atoms with van der Waals surface area (Å²) in [6, 6.07) is 17.8. The summed E-state index contributed by atoms with van der Waals surface area (Å²) in [5.74, 6) is 0.188. The van der Waals surface area contributed by atoms with Gasteiger partial charge < -0.3 is 0 Å². The lowest BCUT2D eigenvalue weighted by molar-refractivity contribution is 0.0929. The van der Waals surface area contributed by atoms with E-state index in [0.717, 1.165) is 22.3 Å². The summed E-state index contributed by atoms with van der Waals surface area (Å²) in [7, 11) is 3.90. The first-order valence-corrected chi connectivity index (χ1v) is 6.75. The average Bonchev–Trinajstić information content (AvgIpc) is 2.74. The number of hydrogen-bond donors (Lipinski definition) is 0. The maximum Gasteiger partial charge on any atom is 0.185 e. The summed E-state index contributed by atoms with van der Waals surface area (Å²) in [6.45, 7) is 0. The molecule has 0 N–H and O–H groups in total. The fourth-order valence-corrected chi connectivity index (χ4v) is 2.78. The number of Topliss-reactive ketones (excluding diaryl/α,β-unsaturated/α-hetero) is 1. The zero-order valence-corrected chi connectivity index (χ0v) is 11.7. The van der Waals surface area contributed by atoms with Crippen LogP contribution >= 0.6 is 0 Å². The predicted molar refractivity (Wildman–Crippen MR) is 82.6 cm³/mol. The fourth-order valence-electron chi connectivity index (χ4n) is 2.78. The van der Waals surface area contributed by atoms with Crippen LogP contribution in [0.5, 0.6) is 0 Å². The quantitative estimate of drug-likeness (QED) is 0.828. The van der Waals surface area contributed by atoms with E-state index in [4.69, 9.17) is 0 Å². The van der Waals surface area contributed by atoms with Crippen molar-refractivity contribution in [1.29, 1.82) is 0 Å². The summed E-state index contributed by atoms with van der Waals surface area (Å²) in [6.07, 6.45) is 2.12. The summed E-state index contributed by atoms with van der Waals surface area (Å²) in [5, 5.41) is 0. The van der Waals surface area contributed by atoms with Crippen molar-refractivity contribution in [1.82, 2.24) is 4.90 Å². The molecule has 0 saturated heterocycles. The maximum absolute atomic E-state index is 12.6. The van der Waals surface area contributed by atoms with Crippen molar-refractivity contribution in [2.24, 2.45) is 0 Å². The van der Waals surface area contributed by atoms with Gasteiger partial charge in [-0.2, -0.15) is 0 Å². The molecule has 1 unspecified atom stereocenters. The van der Waals surface area contributed by atoms with Gasteiger partial charge >= 0.3 is 0 Å². The van der Waals surface area contributed by atoms with Gasteiger partial charge in [-0.05, 0) is 36.9 Å². The number of carbonyl (C=O) groups is 1. The van der Waals surface area contributed by atoms with Gasteiger partial charge in [0.25, 0.3) is 0 Å². The molecule has 2 nitrogen and oxygen atoms in total. The van der Waals surface area contributed by atoms with E-state index in [1.807, 2.05) is 61.5 Å². The minimum atomic E-state index is -0.187. The lowest BCUT2D eigenvalue weighted by Crippen LogP contribution is -2.32.